The molecule has 0 bridgehead atoms. The molecule has 43 heavy (non-hydrogen) atoms. The molecular formula is C30H44N6O7. The Balaban J connectivity index is 2.14. The maximum Gasteiger partial charge on any atom is 0.326 e. The summed E-state index contributed by atoms with van der Waals surface area (Å²) in [6.07, 6.45) is 2.79. The van der Waals surface area contributed by atoms with Crippen LogP contribution < -0.4 is 33.2 Å². The molecule has 4 unspecified atom stereocenters. The molecule has 13 nitrogen and oxygen atoms in total. The molecule has 0 aliphatic heterocycles. The quantitative estimate of drug-likeness (QED) is 0.0978. The fourth-order valence-electron chi connectivity index (χ4n) is 4.39. The van der Waals surface area contributed by atoms with Crippen LogP contribution in [-0.2, 0) is 32.0 Å². The van der Waals surface area contributed by atoms with Crippen molar-refractivity contribution in [2.45, 2.75) is 75.5 Å². The van der Waals surface area contributed by atoms with Gasteiger partial charge in [-0.1, -0.05) is 24.3 Å². The van der Waals surface area contributed by atoms with E-state index < -0.39 is 47.9 Å². The molecule has 0 radical (unpaired) electrons. The van der Waals surface area contributed by atoms with E-state index >= 15 is 0 Å². The first kappa shape index (κ1) is 35.0. The van der Waals surface area contributed by atoms with Crippen LogP contribution in [0, 0.1) is 0 Å². The van der Waals surface area contributed by atoms with Crippen molar-refractivity contribution in [3.63, 3.8) is 0 Å². The third kappa shape index (κ3) is 12.7. The van der Waals surface area contributed by atoms with E-state index in [0.29, 0.717) is 44.3 Å². The normalized spacial score (nSPS) is 13.7. The Kier molecular flexibility index (Phi) is 14.9. The third-order valence-electron chi connectivity index (χ3n) is 6.88. The Bertz CT molecular complexity index is 1180. The van der Waals surface area contributed by atoms with Crippen molar-refractivity contribution in [3.05, 3.63) is 59.7 Å². The molecule has 236 valence electrons. The van der Waals surface area contributed by atoms with Gasteiger partial charge in [0.1, 0.15) is 29.6 Å². The standard InChI is InChI=1S/C30H44N6O7/c31-15-3-1-5-24(34-27(39)23(33)17-19-7-11-21(37)12-8-19)28(40)35-25(6-2-4-16-32)29(41)36-26(30(42)43)18-20-9-13-22(38)14-10-20/h7-14,23-26,37-38H,1-6,15-18,31-33H2,(H,34,39)(H,35,40)(H,36,41)(H,42,43). The summed E-state index contributed by atoms with van der Waals surface area (Å²) in [5.41, 5.74) is 18.6. The van der Waals surface area contributed by atoms with E-state index in [-0.39, 0.29) is 37.2 Å². The number of nitrogens with two attached hydrogens (primary N) is 3. The third-order valence-corrected chi connectivity index (χ3v) is 6.88. The number of carboxylic acid groups (broad SMARTS) is 1. The van der Waals surface area contributed by atoms with Gasteiger partial charge < -0.3 is 48.5 Å². The van der Waals surface area contributed by atoms with E-state index in [0.717, 1.165) is 5.56 Å². The summed E-state index contributed by atoms with van der Waals surface area (Å²) in [5.74, 6) is -3.02. The highest BCUT2D eigenvalue weighted by Crippen LogP contribution is 2.13. The van der Waals surface area contributed by atoms with Gasteiger partial charge in [0.05, 0.1) is 6.04 Å². The monoisotopic (exact) mass is 600 g/mol. The number of rotatable bonds is 19. The van der Waals surface area contributed by atoms with Gasteiger partial charge in [0.15, 0.2) is 0 Å². The lowest BCUT2D eigenvalue weighted by Crippen LogP contribution is -2.57. The molecule has 2 rings (SSSR count). The predicted octanol–water partition coefficient (Wildman–Crippen LogP) is 0.00730. The molecule has 13 heteroatoms. The van der Waals surface area contributed by atoms with Gasteiger partial charge in [-0.25, -0.2) is 4.79 Å². The highest BCUT2D eigenvalue weighted by molar-refractivity contribution is 5.94. The number of carbonyl (C=O) groups is 4. The molecule has 0 aromatic heterocycles. The van der Waals surface area contributed by atoms with Gasteiger partial charge in [0, 0.05) is 6.42 Å². The molecular weight excluding hydrogens is 556 g/mol. The van der Waals surface area contributed by atoms with Gasteiger partial charge >= 0.3 is 5.97 Å². The lowest BCUT2D eigenvalue weighted by molar-refractivity contribution is -0.142. The molecule has 0 aliphatic carbocycles. The second kappa shape index (κ2) is 18.4. The first-order valence-corrected chi connectivity index (χ1v) is 14.4. The number of benzene rings is 2. The minimum atomic E-state index is -1.29. The number of hydrogen-bond acceptors (Lipinski definition) is 9. The maximum atomic E-state index is 13.4. The molecule has 2 aromatic carbocycles. The number of unbranched alkanes of at least 4 members (excludes halogenated alkanes) is 2. The summed E-state index contributed by atoms with van der Waals surface area (Å²) in [5, 5.41) is 36.6. The lowest BCUT2D eigenvalue weighted by Gasteiger charge is -2.25. The van der Waals surface area contributed by atoms with Crippen molar-refractivity contribution in [2.24, 2.45) is 17.2 Å². The summed E-state index contributed by atoms with van der Waals surface area (Å²) in [6, 6.07) is 7.84. The first-order valence-electron chi connectivity index (χ1n) is 14.4. The zero-order valence-corrected chi connectivity index (χ0v) is 24.2. The Morgan fingerprint density at radius 2 is 1.00 bits per heavy atom. The zero-order valence-electron chi connectivity index (χ0n) is 24.2. The van der Waals surface area contributed by atoms with Gasteiger partial charge in [0.2, 0.25) is 17.7 Å². The van der Waals surface area contributed by atoms with Crippen LogP contribution in [0.4, 0.5) is 0 Å². The number of carboxylic acids is 1. The largest absolute Gasteiger partial charge is 0.508 e. The van der Waals surface area contributed by atoms with Crippen molar-refractivity contribution in [1.29, 1.82) is 0 Å². The number of phenols is 2. The number of aliphatic carboxylic acids is 1. The molecule has 0 fully saturated rings. The molecule has 0 spiro atoms. The van der Waals surface area contributed by atoms with Crippen LogP contribution >= 0.6 is 0 Å². The van der Waals surface area contributed by atoms with E-state index in [1.165, 1.54) is 24.3 Å². The minimum Gasteiger partial charge on any atom is -0.508 e. The lowest BCUT2D eigenvalue weighted by atomic mass is 10.0. The fourth-order valence-corrected chi connectivity index (χ4v) is 4.39. The number of amides is 3. The number of aromatic hydroxyl groups is 2. The fraction of sp³-hybridized carbons (Fsp3) is 0.467. The van der Waals surface area contributed by atoms with Crippen LogP contribution in [0.5, 0.6) is 11.5 Å². The second-order valence-electron chi connectivity index (χ2n) is 10.4. The van der Waals surface area contributed by atoms with Crippen molar-refractivity contribution < 1.29 is 34.5 Å². The summed E-state index contributed by atoms with van der Waals surface area (Å²) in [7, 11) is 0. The van der Waals surface area contributed by atoms with Crippen molar-refractivity contribution in [2.75, 3.05) is 13.1 Å². The van der Waals surface area contributed by atoms with Crippen molar-refractivity contribution in [3.8, 4) is 11.5 Å². The summed E-state index contributed by atoms with van der Waals surface area (Å²) < 4.78 is 0. The maximum absolute atomic E-state index is 13.4. The molecule has 0 heterocycles. The second-order valence-corrected chi connectivity index (χ2v) is 10.4. The van der Waals surface area contributed by atoms with E-state index in [9.17, 15) is 34.5 Å². The van der Waals surface area contributed by atoms with E-state index in [1.807, 2.05) is 0 Å². The van der Waals surface area contributed by atoms with Crippen molar-refractivity contribution in [1.82, 2.24) is 16.0 Å². The summed E-state index contributed by atoms with van der Waals surface area (Å²) in [4.78, 5) is 51.6. The Labute approximate surface area is 251 Å². The SMILES string of the molecule is NCCCCC(NC(=O)C(N)Cc1ccc(O)cc1)C(=O)NC(CCCCN)C(=O)NC(Cc1ccc(O)cc1)C(=O)O. The van der Waals surface area contributed by atoms with E-state index in [4.69, 9.17) is 17.2 Å². The van der Waals surface area contributed by atoms with Gasteiger partial charge in [-0.3, -0.25) is 14.4 Å². The average molecular weight is 601 g/mol. The van der Waals surface area contributed by atoms with Crippen LogP contribution in [-0.4, -0.2) is 76.3 Å². The summed E-state index contributed by atoms with van der Waals surface area (Å²) >= 11 is 0. The molecule has 3 amide bonds. The molecule has 2 aromatic rings. The van der Waals surface area contributed by atoms with Gasteiger partial charge in [-0.05, 0) is 93.4 Å². The smallest absolute Gasteiger partial charge is 0.326 e. The molecule has 0 saturated carbocycles. The molecule has 0 saturated heterocycles. The average Bonchev–Trinajstić information content (AvgIpc) is 2.97. The molecule has 0 aliphatic rings. The first-order chi connectivity index (χ1) is 20.5. The van der Waals surface area contributed by atoms with Crippen LogP contribution in [0.1, 0.15) is 49.7 Å². The highest BCUT2D eigenvalue weighted by Gasteiger charge is 2.30. The Morgan fingerprint density at radius 1 is 0.605 bits per heavy atom. The van der Waals surface area contributed by atoms with E-state index in [1.54, 1.807) is 24.3 Å². The molecule has 4 atom stereocenters. The predicted molar refractivity (Wildman–Crippen MR) is 161 cm³/mol. The van der Waals surface area contributed by atoms with Gasteiger partial charge in [0.25, 0.3) is 0 Å². The van der Waals surface area contributed by atoms with Crippen molar-refractivity contribution >= 4 is 23.7 Å². The number of nitrogens with one attached hydrogen (secondary N) is 3. The van der Waals surface area contributed by atoms with E-state index in [2.05, 4.69) is 16.0 Å². The molecule has 12 N–H and O–H groups in total. The van der Waals surface area contributed by atoms with Gasteiger partial charge in [-0.2, -0.15) is 0 Å². The van der Waals surface area contributed by atoms with Crippen LogP contribution in [0.3, 0.4) is 0 Å². The Hall–Kier alpha value is -4.20. The minimum absolute atomic E-state index is 0.0248. The number of hydrogen-bond donors (Lipinski definition) is 9. The highest BCUT2D eigenvalue weighted by atomic mass is 16.4. The van der Waals surface area contributed by atoms with Gasteiger partial charge in [-0.15, -0.1) is 0 Å². The number of phenolic OH excluding ortho intramolecular Hbond substituents is 2. The van der Waals surface area contributed by atoms with Crippen LogP contribution in [0.2, 0.25) is 0 Å². The Morgan fingerprint density at radius 3 is 1.42 bits per heavy atom. The topological polar surface area (TPSA) is 243 Å². The number of carbonyl (C=O) groups excluding carboxylic acids is 3. The summed E-state index contributed by atoms with van der Waals surface area (Å²) in [6.45, 7) is 0.766. The van der Waals surface area contributed by atoms with Crippen LogP contribution in [0.15, 0.2) is 48.5 Å². The zero-order chi connectivity index (χ0) is 31.8. The van der Waals surface area contributed by atoms with Crippen LogP contribution in [0.25, 0.3) is 0 Å².